The van der Waals surface area contributed by atoms with E-state index in [2.05, 4.69) is 30.9 Å². The van der Waals surface area contributed by atoms with Gasteiger partial charge in [0.2, 0.25) is 0 Å². The highest BCUT2D eigenvalue weighted by atomic mass is 79.9. The molecule has 90 valence electrons. The lowest BCUT2D eigenvalue weighted by Crippen LogP contribution is -1.82. The average Bonchev–Trinajstić information content (AvgIpc) is 2.71. The molecular weight excluding hydrogens is 314 g/mol. The minimum atomic E-state index is 0.653. The van der Waals surface area contributed by atoms with E-state index in [-0.39, 0.29) is 0 Å². The SMILES string of the molecule is Cc1ccc2[nH]c(-c3ccc(Br)cc3Cl)nc2n1. The lowest BCUT2D eigenvalue weighted by molar-refractivity contribution is 1.22. The summed E-state index contributed by atoms with van der Waals surface area (Å²) < 4.78 is 0.946. The van der Waals surface area contributed by atoms with E-state index in [0.717, 1.165) is 27.1 Å². The molecule has 0 aliphatic rings. The third-order valence-corrected chi connectivity index (χ3v) is 3.48. The predicted octanol–water partition coefficient (Wildman–Crippen LogP) is 4.35. The second-order valence-electron chi connectivity index (χ2n) is 4.03. The van der Waals surface area contributed by atoms with Crippen molar-refractivity contribution in [2.75, 3.05) is 0 Å². The van der Waals surface area contributed by atoms with Crippen LogP contribution in [0.5, 0.6) is 0 Å². The molecule has 0 bridgehead atoms. The van der Waals surface area contributed by atoms with Gasteiger partial charge in [-0.1, -0.05) is 27.5 Å². The van der Waals surface area contributed by atoms with Crippen molar-refractivity contribution in [1.82, 2.24) is 15.0 Å². The van der Waals surface area contributed by atoms with Crippen molar-refractivity contribution in [3.8, 4) is 11.4 Å². The van der Waals surface area contributed by atoms with E-state index < -0.39 is 0 Å². The first kappa shape index (κ1) is 11.7. The molecule has 0 atom stereocenters. The van der Waals surface area contributed by atoms with E-state index in [1.54, 1.807) is 0 Å². The quantitative estimate of drug-likeness (QED) is 0.723. The first-order valence-electron chi connectivity index (χ1n) is 5.42. The summed E-state index contributed by atoms with van der Waals surface area (Å²) in [5.41, 5.74) is 3.44. The summed E-state index contributed by atoms with van der Waals surface area (Å²) in [6.45, 7) is 1.94. The third-order valence-electron chi connectivity index (χ3n) is 2.67. The fraction of sp³-hybridized carbons (Fsp3) is 0.0769. The molecule has 0 saturated carbocycles. The number of aryl methyl sites for hydroxylation is 1. The molecule has 2 aromatic heterocycles. The van der Waals surface area contributed by atoms with Gasteiger partial charge in [0, 0.05) is 15.7 Å². The van der Waals surface area contributed by atoms with Gasteiger partial charge < -0.3 is 4.98 Å². The first-order chi connectivity index (χ1) is 8.63. The topological polar surface area (TPSA) is 41.6 Å². The maximum atomic E-state index is 6.21. The zero-order chi connectivity index (χ0) is 12.7. The van der Waals surface area contributed by atoms with Crippen LogP contribution in [0.15, 0.2) is 34.8 Å². The van der Waals surface area contributed by atoms with Gasteiger partial charge in [-0.05, 0) is 37.3 Å². The van der Waals surface area contributed by atoms with Crippen LogP contribution in [0.3, 0.4) is 0 Å². The van der Waals surface area contributed by atoms with Crippen LogP contribution in [0.25, 0.3) is 22.6 Å². The number of aromatic nitrogens is 3. The third kappa shape index (κ3) is 2.02. The molecule has 1 aromatic carbocycles. The van der Waals surface area contributed by atoms with Gasteiger partial charge in [-0.25, -0.2) is 9.97 Å². The largest absolute Gasteiger partial charge is 0.337 e. The molecule has 0 amide bonds. The number of fused-ring (bicyclic) bond motifs is 1. The van der Waals surface area contributed by atoms with Crippen LogP contribution in [0.1, 0.15) is 5.69 Å². The number of nitrogens with zero attached hydrogens (tertiary/aromatic N) is 2. The molecule has 2 heterocycles. The fourth-order valence-corrected chi connectivity index (χ4v) is 2.56. The van der Waals surface area contributed by atoms with Crippen molar-refractivity contribution in [1.29, 1.82) is 0 Å². The maximum Gasteiger partial charge on any atom is 0.178 e. The Kier molecular flexibility index (Phi) is 2.84. The van der Waals surface area contributed by atoms with Crippen LogP contribution >= 0.6 is 27.5 Å². The standard InChI is InChI=1S/C13H9BrClN3/c1-7-2-5-11-13(16-7)18-12(17-11)9-4-3-8(14)6-10(9)15/h2-6H,1H3,(H,16,17,18). The number of nitrogens with one attached hydrogen (secondary N) is 1. The Morgan fingerprint density at radius 3 is 2.78 bits per heavy atom. The Morgan fingerprint density at radius 1 is 1.17 bits per heavy atom. The zero-order valence-corrected chi connectivity index (χ0v) is 11.9. The van der Waals surface area contributed by atoms with Gasteiger partial charge in [-0.15, -0.1) is 0 Å². The van der Waals surface area contributed by atoms with E-state index in [1.165, 1.54) is 0 Å². The molecule has 0 unspecified atom stereocenters. The fourth-order valence-electron chi connectivity index (χ4n) is 1.80. The number of hydrogen-bond acceptors (Lipinski definition) is 2. The van der Waals surface area contributed by atoms with Gasteiger partial charge in [-0.3, -0.25) is 0 Å². The van der Waals surface area contributed by atoms with Crippen LogP contribution in [-0.2, 0) is 0 Å². The highest BCUT2D eigenvalue weighted by molar-refractivity contribution is 9.10. The zero-order valence-electron chi connectivity index (χ0n) is 9.54. The van der Waals surface area contributed by atoms with Crippen molar-refractivity contribution in [3.05, 3.63) is 45.5 Å². The smallest absolute Gasteiger partial charge is 0.178 e. The van der Waals surface area contributed by atoms with Gasteiger partial charge >= 0.3 is 0 Å². The summed E-state index contributed by atoms with van der Waals surface area (Å²) in [7, 11) is 0. The molecule has 3 nitrogen and oxygen atoms in total. The van der Waals surface area contributed by atoms with E-state index >= 15 is 0 Å². The molecule has 0 radical (unpaired) electrons. The lowest BCUT2D eigenvalue weighted by Gasteiger charge is -2.00. The van der Waals surface area contributed by atoms with Gasteiger partial charge in [0.05, 0.1) is 10.5 Å². The van der Waals surface area contributed by atoms with E-state index in [1.807, 2.05) is 37.3 Å². The van der Waals surface area contributed by atoms with Gasteiger partial charge in [0.25, 0.3) is 0 Å². The predicted molar refractivity (Wildman–Crippen MR) is 76.8 cm³/mol. The summed E-state index contributed by atoms with van der Waals surface area (Å²) in [6.07, 6.45) is 0. The van der Waals surface area contributed by atoms with E-state index in [4.69, 9.17) is 11.6 Å². The van der Waals surface area contributed by atoms with E-state index in [9.17, 15) is 0 Å². The molecule has 18 heavy (non-hydrogen) atoms. The van der Waals surface area contributed by atoms with E-state index in [0.29, 0.717) is 10.7 Å². The Labute approximate surface area is 117 Å². The number of H-pyrrole nitrogens is 1. The molecule has 3 aromatic rings. The Morgan fingerprint density at radius 2 is 2.00 bits per heavy atom. The maximum absolute atomic E-state index is 6.21. The number of imidazole rings is 1. The second kappa shape index (κ2) is 4.37. The van der Waals surface area contributed by atoms with Crippen molar-refractivity contribution in [2.24, 2.45) is 0 Å². The van der Waals surface area contributed by atoms with Crippen LogP contribution in [0, 0.1) is 6.92 Å². The highest BCUT2D eigenvalue weighted by Crippen LogP contribution is 2.29. The summed E-state index contributed by atoms with van der Waals surface area (Å²) in [4.78, 5) is 12.1. The molecule has 0 aliphatic heterocycles. The monoisotopic (exact) mass is 321 g/mol. The number of hydrogen-bond donors (Lipinski definition) is 1. The van der Waals surface area contributed by atoms with Gasteiger partial charge in [0.15, 0.2) is 5.65 Å². The molecular formula is C13H9BrClN3. The van der Waals surface area contributed by atoms with Gasteiger partial charge in [-0.2, -0.15) is 0 Å². The number of benzene rings is 1. The van der Waals surface area contributed by atoms with Crippen molar-refractivity contribution < 1.29 is 0 Å². The molecule has 5 heteroatoms. The number of aromatic amines is 1. The summed E-state index contributed by atoms with van der Waals surface area (Å²) in [5.74, 6) is 0.737. The molecule has 1 N–H and O–H groups in total. The Hall–Kier alpha value is -1.39. The van der Waals surface area contributed by atoms with Crippen LogP contribution in [-0.4, -0.2) is 15.0 Å². The Bertz CT molecular complexity index is 736. The summed E-state index contributed by atoms with van der Waals surface area (Å²) in [5, 5.41) is 0.653. The van der Waals surface area contributed by atoms with Crippen LogP contribution < -0.4 is 0 Å². The second-order valence-corrected chi connectivity index (χ2v) is 5.36. The molecule has 0 fully saturated rings. The minimum Gasteiger partial charge on any atom is -0.337 e. The minimum absolute atomic E-state index is 0.653. The van der Waals surface area contributed by atoms with Crippen molar-refractivity contribution in [2.45, 2.75) is 6.92 Å². The average molecular weight is 323 g/mol. The van der Waals surface area contributed by atoms with Crippen LogP contribution in [0.2, 0.25) is 5.02 Å². The molecule has 0 aliphatic carbocycles. The molecule has 3 rings (SSSR count). The summed E-state index contributed by atoms with van der Waals surface area (Å²) in [6, 6.07) is 9.64. The normalized spacial score (nSPS) is 11.1. The number of halogens is 2. The molecule has 0 saturated heterocycles. The van der Waals surface area contributed by atoms with Crippen molar-refractivity contribution in [3.63, 3.8) is 0 Å². The molecule has 0 spiro atoms. The summed E-state index contributed by atoms with van der Waals surface area (Å²) >= 11 is 9.60. The lowest BCUT2D eigenvalue weighted by atomic mass is 10.2. The number of pyridine rings is 1. The highest BCUT2D eigenvalue weighted by Gasteiger charge is 2.09. The Balaban J connectivity index is 2.19. The first-order valence-corrected chi connectivity index (χ1v) is 6.59. The van der Waals surface area contributed by atoms with Crippen molar-refractivity contribution >= 4 is 38.7 Å². The van der Waals surface area contributed by atoms with Crippen LogP contribution in [0.4, 0.5) is 0 Å². The van der Waals surface area contributed by atoms with Gasteiger partial charge in [0.1, 0.15) is 5.82 Å². The number of rotatable bonds is 1.